The number of hydrogen-bond acceptors (Lipinski definition) is 2. The number of rotatable bonds is 3. The van der Waals surface area contributed by atoms with Gasteiger partial charge in [-0.15, -0.1) is 0 Å². The predicted molar refractivity (Wildman–Crippen MR) is 66.8 cm³/mol. The van der Waals surface area contributed by atoms with Crippen LogP contribution in [0.2, 0.25) is 0 Å². The van der Waals surface area contributed by atoms with Crippen LogP contribution in [0.25, 0.3) is 0 Å². The van der Waals surface area contributed by atoms with Gasteiger partial charge in [-0.05, 0) is 51.2 Å². The molecule has 1 aliphatic carbocycles. The molecule has 2 nitrogen and oxygen atoms in total. The molecular formula is C14H21NO. The van der Waals surface area contributed by atoms with Crippen LogP contribution in [0.1, 0.15) is 42.9 Å². The van der Waals surface area contributed by atoms with Crippen molar-refractivity contribution in [3.05, 3.63) is 28.8 Å². The molecule has 0 bridgehead atoms. The minimum Gasteiger partial charge on any atom is -0.493 e. The molecule has 1 saturated carbocycles. The molecule has 0 saturated heterocycles. The molecule has 1 aliphatic rings. The van der Waals surface area contributed by atoms with Crippen molar-refractivity contribution in [3.8, 4) is 5.75 Å². The molecule has 0 aliphatic heterocycles. The van der Waals surface area contributed by atoms with E-state index in [-0.39, 0.29) is 5.54 Å². The van der Waals surface area contributed by atoms with Crippen LogP contribution in [0.3, 0.4) is 0 Å². The van der Waals surface area contributed by atoms with E-state index in [2.05, 4.69) is 26.0 Å². The summed E-state index contributed by atoms with van der Waals surface area (Å²) in [4.78, 5) is 0. The summed E-state index contributed by atoms with van der Waals surface area (Å²) >= 11 is 0. The normalized spacial score (nSPS) is 18.0. The third-order valence-electron chi connectivity index (χ3n) is 3.75. The van der Waals surface area contributed by atoms with Crippen LogP contribution in [-0.2, 0) is 5.54 Å². The molecule has 0 spiro atoms. The Labute approximate surface area is 97.8 Å². The van der Waals surface area contributed by atoms with Crippen LogP contribution >= 0.6 is 0 Å². The summed E-state index contributed by atoms with van der Waals surface area (Å²) in [7, 11) is 0. The molecule has 0 heterocycles. The maximum Gasteiger partial charge on any atom is 0.127 e. The Morgan fingerprint density at radius 3 is 2.50 bits per heavy atom. The van der Waals surface area contributed by atoms with Crippen molar-refractivity contribution in [2.24, 2.45) is 5.73 Å². The second-order valence-electron chi connectivity index (χ2n) is 4.83. The van der Waals surface area contributed by atoms with Gasteiger partial charge in [0.15, 0.2) is 0 Å². The lowest BCUT2D eigenvalue weighted by atomic mass is 9.72. The largest absolute Gasteiger partial charge is 0.493 e. The van der Waals surface area contributed by atoms with E-state index in [0.29, 0.717) is 6.61 Å². The minimum atomic E-state index is -0.136. The summed E-state index contributed by atoms with van der Waals surface area (Å²) in [6, 6.07) is 4.30. The molecule has 2 rings (SSSR count). The number of ether oxygens (including phenoxy) is 1. The molecule has 2 heteroatoms. The highest BCUT2D eigenvalue weighted by Crippen LogP contribution is 2.44. The molecule has 0 atom stereocenters. The van der Waals surface area contributed by atoms with E-state index in [9.17, 15) is 0 Å². The molecule has 1 aromatic carbocycles. The first-order valence-corrected chi connectivity index (χ1v) is 6.11. The average molecular weight is 219 g/mol. The Balaban J connectivity index is 2.47. The summed E-state index contributed by atoms with van der Waals surface area (Å²) in [6.07, 6.45) is 3.39. The number of aryl methyl sites for hydroxylation is 1. The van der Waals surface area contributed by atoms with Gasteiger partial charge in [0.25, 0.3) is 0 Å². The molecule has 88 valence electrons. The molecule has 1 aromatic rings. The van der Waals surface area contributed by atoms with Crippen molar-refractivity contribution in [1.82, 2.24) is 0 Å². The van der Waals surface area contributed by atoms with Gasteiger partial charge in [0.1, 0.15) is 5.75 Å². The monoisotopic (exact) mass is 219 g/mol. The highest BCUT2D eigenvalue weighted by atomic mass is 16.5. The lowest BCUT2D eigenvalue weighted by Crippen LogP contribution is -2.43. The van der Waals surface area contributed by atoms with E-state index >= 15 is 0 Å². The summed E-state index contributed by atoms with van der Waals surface area (Å²) in [5.41, 5.74) is 9.96. The van der Waals surface area contributed by atoms with Crippen LogP contribution in [0, 0.1) is 13.8 Å². The molecule has 2 N–H and O–H groups in total. The fourth-order valence-corrected chi connectivity index (χ4v) is 2.34. The second kappa shape index (κ2) is 4.10. The van der Waals surface area contributed by atoms with Crippen molar-refractivity contribution in [3.63, 3.8) is 0 Å². The summed E-state index contributed by atoms with van der Waals surface area (Å²) in [5, 5.41) is 0. The van der Waals surface area contributed by atoms with Crippen molar-refractivity contribution in [2.75, 3.05) is 6.61 Å². The van der Waals surface area contributed by atoms with Crippen LogP contribution < -0.4 is 10.5 Å². The van der Waals surface area contributed by atoms with Crippen molar-refractivity contribution in [1.29, 1.82) is 0 Å². The smallest absolute Gasteiger partial charge is 0.127 e. The van der Waals surface area contributed by atoms with Crippen molar-refractivity contribution >= 4 is 0 Å². The third-order valence-corrected chi connectivity index (χ3v) is 3.75. The predicted octanol–water partition coefficient (Wildman–Crippen LogP) is 3.04. The van der Waals surface area contributed by atoms with Gasteiger partial charge in [-0.3, -0.25) is 0 Å². The van der Waals surface area contributed by atoms with Gasteiger partial charge in [0.05, 0.1) is 6.61 Å². The van der Waals surface area contributed by atoms with Gasteiger partial charge < -0.3 is 10.5 Å². The van der Waals surface area contributed by atoms with Crippen LogP contribution in [0.15, 0.2) is 12.1 Å². The van der Waals surface area contributed by atoms with E-state index in [1.807, 2.05) is 6.92 Å². The fraction of sp³-hybridized carbons (Fsp3) is 0.571. The fourth-order valence-electron chi connectivity index (χ4n) is 2.34. The highest BCUT2D eigenvalue weighted by molar-refractivity contribution is 5.49. The molecule has 1 fully saturated rings. The number of nitrogens with two attached hydrogens (primary N) is 1. The van der Waals surface area contributed by atoms with E-state index in [4.69, 9.17) is 10.5 Å². The Hall–Kier alpha value is -1.02. The summed E-state index contributed by atoms with van der Waals surface area (Å²) in [5.74, 6) is 1.02. The van der Waals surface area contributed by atoms with Crippen LogP contribution in [0.5, 0.6) is 5.75 Å². The lowest BCUT2D eigenvalue weighted by Gasteiger charge is -2.40. The Bertz CT molecular complexity index is 394. The quantitative estimate of drug-likeness (QED) is 0.848. The van der Waals surface area contributed by atoms with E-state index < -0.39 is 0 Å². The van der Waals surface area contributed by atoms with Gasteiger partial charge in [0, 0.05) is 11.1 Å². The lowest BCUT2D eigenvalue weighted by molar-refractivity contribution is 0.237. The van der Waals surface area contributed by atoms with E-state index in [1.165, 1.54) is 23.1 Å². The zero-order valence-corrected chi connectivity index (χ0v) is 10.5. The number of benzene rings is 1. The molecule has 16 heavy (non-hydrogen) atoms. The molecule has 0 amide bonds. The van der Waals surface area contributed by atoms with Gasteiger partial charge >= 0.3 is 0 Å². The maximum absolute atomic E-state index is 6.39. The van der Waals surface area contributed by atoms with Crippen LogP contribution in [-0.4, -0.2) is 6.61 Å². The van der Waals surface area contributed by atoms with Gasteiger partial charge in [-0.2, -0.15) is 0 Å². The van der Waals surface area contributed by atoms with Crippen molar-refractivity contribution < 1.29 is 4.74 Å². The second-order valence-corrected chi connectivity index (χ2v) is 4.83. The molecule has 0 radical (unpaired) electrons. The Kier molecular flexibility index (Phi) is 2.94. The first-order chi connectivity index (χ1) is 7.58. The zero-order valence-electron chi connectivity index (χ0n) is 10.5. The maximum atomic E-state index is 6.39. The van der Waals surface area contributed by atoms with Gasteiger partial charge in [0.2, 0.25) is 0 Å². The number of hydrogen-bond donors (Lipinski definition) is 1. The Morgan fingerprint density at radius 2 is 2.00 bits per heavy atom. The third kappa shape index (κ3) is 1.71. The first-order valence-electron chi connectivity index (χ1n) is 6.11. The van der Waals surface area contributed by atoms with Gasteiger partial charge in [-0.25, -0.2) is 0 Å². The SMILES string of the molecule is CCOc1c(C2(N)CCC2)ccc(C)c1C. The standard InChI is InChI=1S/C14H21NO/c1-4-16-13-11(3)10(2)6-7-12(13)14(15)8-5-9-14/h6-7H,4-5,8-9,15H2,1-3H3. The summed E-state index contributed by atoms with van der Waals surface area (Å²) < 4.78 is 5.79. The van der Waals surface area contributed by atoms with E-state index in [0.717, 1.165) is 18.6 Å². The highest BCUT2D eigenvalue weighted by Gasteiger charge is 2.37. The van der Waals surface area contributed by atoms with Crippen molar-refractivity contribution in [2.45, 2.75) is 45.6 Å². The molecule has 0 aromatic heterocycles. The molecule has 0 unspecified atom stereocenters. The van der Waals surface area contributed by atoms with Crippen LogP contribution in [0.4, 0.5) is 0 Å². The average Bonchev–Trinajstić information content (AvgIpc) is 2.22. The summed E-state index contributed by atoms with van der Waals surface area (Å²) in [6.45, 7) is 6.96. The van der Waals surface area contributed by atoms with E-state index in [1.54, 1.807) is 0 Å². The minimum absolute atomic E-state index is 0.136. The Morgan fingerprint density at radius 1 is 1.31 bits per heavy atom. The first kappa shape index (κ1) is 11.5. The van der Waals surface area contributed by atoms with Gasteiger partial charge in [-0.1, -0.05) is 12.1 Å². The topological polar surface area (TPSA) is 35.2 Å². The molecular weight excluding hydrogens is 198 g/mol. The zero-order chi connectivity index (χ0) is 11.8.